The van der Waals surface area contributed by atoms with E-state index in [0.717, 1.165) is 18.7 Å². The highest BCUT2D eigenvalue weighted by atomic mass is 16.1. The monoisotopic (exact) mass is 209 g/mol. The van der Waals surface area contributed by atoms with Gasteiger partial charge in [0.15, 0.2) is 0 Å². The number of aromatic nitrogens is 2. The average Bonchev–Trinajstić information content (AvgIpc) is 2.61. The predicted molar refractivity (Wildman–Crippen MR) is 59.4 cm³/mol. The lowest BCUT2D eigenvalue weighted by Crippen LogP contribution is -2.17. The summed E-state index contributed by atoms with van der Waals surface area (Å²) in [5.74, 6) is 1.17. The van der Waals surface area contributed by atoms with Crippen LogP contribution in [-0.4, -0.2) is 21.9 Å². The second-order valence-electron chi connectivity index (χ2n) is 3.93. The van der Waals surface area contributed by atoms with Crippen LogP contribution in [0.4, 0.5) is 0 Å². The maximum absolute atomic E-state index is 11.8. The Morgan fingerprint density at radius 3 is 2.93 bits per heavy atom. The van der Waals surface area contributed by atoms with Crippen LogP contribution in [0.25, 0.3) is 0 Å². The molecule has 1 aromatic heterocycles. The Hall–Kier alpha value is -1.16. The van der Waals surface area contributed by atoms with Crippen molar-refractivity contribution in [3.05, 3.63) is 18.2 Å². The maximum Gasteiger partial charge on any atom is 0.143 e. The lowest BCUT2D eigenvalue weighted by atomic mass is 9.98. The normalized spacial score (nSPS) is 12.7. The fourth-order valence-electron chi connectivity index (χ4n) is 1.48. The third-order valence-corrected chi connectivity index (χ3v) is 2.64. The van der Waals surface area contributed by atoms with Crippen molar-refractivity contribution in [3.63, 3.8) is 0 Å². The molecule has 4 heteroatoms. The Bertz CT molecular complexity index is 319. The maximum atomic E-state index is 11.8. The summed E-state index contributed by atoms with van der Waals surface area (Å²) in [6.45, 7) is 2.61. The first kappa shape index (κ1) is 11.9. The summed E-state index contributed by atoms with van der Waals surface area (Å²) in [4.78, 5) is 15.9. The standard InChI is InChI=1S/C11H19N3O/c1-9(4-3-5-12)10(15)8-11-13-6-7-14(11)2/h6-7,9H,3-5,8,12H2,1-2H3. The molecule has 1 atom stereocenters. The van der Waals surface area contributed by atoms with E-state index in [1.165, 1.54) is 0 Å². The molecule has 0 aliphatic rings. The Morgan fingerprint density at radius 1 is 1.67 bits per heavy atom. The van der Waals surface area contributed by atoms with Crippen LogP contribution < -0.4 is 5.73 Å². The van der Waals surface area contributed by atoms with Gasteiger partial charge in [0.1, 0.15) is 11.6 Å². The zero-order valence-electron chi connectivity index (χ0n) is 9.44. The number of imidazole rings is 1. The zero-order chi connectivity index (χ0) is 11.3. The molecule has 1 aromatic rings. The largest absolute Gasteiger partial charge is 0.338 e. The van der Waals surface area contributed by atoms with E-state index in [-0.39, 0.29) is 11.7 Å². The summed E-state index contributed by atoms with van der Waals surface area (Å²) in [6.07, 6.45) is 5.78. The molecule has 0 spiro atoms. The molecule has 84 valence electrons. The van der Waals surface area contributed by atoms with Crippen LogP contribution >= 0.6 is 0 Å². The van der Waals surface area contributed by atoms with E-state index in [2.05, 4.69) is 4.98 Å². The topological polar surface area (TPSA) is 60.9 Å². The van der Waals surface area contributed by atoms with Gasteiger partial charge in [-0.3, -0.25) is 4.79 Å². The SMILES string of the molecule is CC(CCCN)C(=O)Cc1nccn1C. The summed E-state index contributed by atoms with van der Waals surface area (Å²) >= 11 is 0. The molecule has 0 amide bonds. The van der Waals surface area contributed by atoms with Crippen molar-refractivity contribution < 1.29 is 4.79 Å². The van der Waals surface area contributed by atoms with Gasteiger partial charge in [0.05, 0.1) is 6.42 Å². The van der Waals surface area contributed by atoms with Crippen molar-refractivity contribution in [2.24, 2.45) is 18.7 Å². The number of carbonyl (C=O) groups excluding carboxylic acids is 1. The van der Waals surface area contributed by atoms with Gasteiger partial charge in [0, 0.05) is 25.4 Å². The van der Waals surface area contributed by atoms with Gasteiger partial charge in [-0.05, 0) is 19.4 Å². The van der Waals surface area contributed by atoms with Crippen molar-refractivity contribution in [3.8, 4) is 0 Å². The number of rotatable bonds is 6. The van der Waals surface area contributed by atoms with Gasteiger partial charge in [-0.1, -0.05) is 6.92 Å². The molecule has 0 bridgehead atoms. The van der Waals surface area contributed by atoms with E-state index in [4.69, 9.17) is 5.73 Å². The summed E-state index contributed by atoms with van der Waals surface area (Å²) in [7, 11) is 1.90. The number of hydrogen-bond donors (Lipinski definition) is 1. The van der Waals surface area contributed by atoms with Gasteiger partial charge in [-0.2, -0.15) is 0 Å². The van der Waals surface area contributed by atoms with Gasteiger partial charge < -0.3 is 10.3 Å². The van der Waals surface area contributed by atoms with Crippen LogP contribution in [0.2, 0.25) is 0 Å². The number of nitrogens with zero attached hydrogens (tertiary/aromatic N) is 2. The van der Waals surface area contributed by atoms with Gasteiger partial charge >= 0.3 is 0 Å². The molecule has 1 rings (SSSR count). The second kappa shape index (κ2) is 5.66. The van der Waals surface area contributed by atoms with E-state index >= 15 is 0 Å². The van der Waals surface area contributed by atoms with E-state index in [1.54, 1.807) is 6.20 Å². The Balaban J connectivity index is 2.45. The molecule has 0 aliphatic heterocycles. The van der Waals surface area contributed by atoms with Crippen LogP contribution in [0.5, 0.6) is 0 Å². The van der Waals surface area contributed by atoms with Crippen molar-refractivity contribution in [1.29, 1.82) is 0 Å². The molecule has 0 fully saturated rings. The molecular formula is C11H19N3O. The van der Waals surface area contributed by atoms with Gasteiger partial charge in [-0.15, -0.1) is 0 Å². The van der Waals surface area contributed by atoms with E-state index in [9.17, 15) is 4.79 Å². The Labute approximate surface area is 90.5 Å². The van der Waals surface area contributed by atoms with Crippen molar-refractivity contribution in [1.82, 2.24) is 9.55 Å². The summed E-state index contributed by atoms with van der Waals surface area (Å²) < 4.78 is 1.88. The summed E-state index contributed by atoms with van der Waals surface area (Å²) in [6, 6.07) is 0. The fourth-order valence-corrected chi connectivity index (χ4v) is 1.48. The molecular weight excluding hydrogens is 190 g/mol. The molecule has 1 heterocycles. The lowest BCUT2D eigenvalue weighted by molar-refractivity contribution is -0.122. The van der Waals surface area contributed by atoms with E-state index in [1.807, 2.05) is 24.7 Å². The molecule has 0 aromatic carbocycles. The number of hydrogen-bond acceptors (Lipinski definition) is 3. The highest BCUT2D eigenvalue weighted by Crippen LogP contribution is 2.09. The number of nitrogens with two attached hydrogens (primary N) is 1. The highest BCUT2D eigenvalue weighted by Gasteiger charge is 2.14. The van der Waals surface area contributed by atoms with E-state index in [0.29, 0.717) is 13.0 Å². The van der Waals surface area contributed by atoms with Crippen molar-refractivity contribution >= 4 is 5.78 Å². The van der Waals surface area contributed by atoms with Crippen LogP contribution in [0.1, 0.15) is 25.6 Å². The molecule has 0 aliphatic carbocycles. The van der Waals surface area contributed by atoms with Gasteiger partial charge in [-0.25, -0.2) is 4.98 Å². The highest BCUT2D eigenvalue weighted by molar-refractivity contribution is 5.82. The molecule has 0 saturated heterocycles. The third-order valence-electron chi connectivity index (χ3n) is 2.64. The minimum absolute atomic E-state index is 0.0882. The molecule has 2 N–H and O–H groups in total. The minimum atomic E-state index is 0.0882. The predicted octanol–water partition coefficient (Wildman–Crippen LogP) is 0.907. The second-order valence-corrected chi connectivity index (χ2v) is 3.93. The number of carbonyl (C=O) groups is 1. The molecule has 15 heavy (non-hydrogen) atoms. The molecule has 0 radical (unpaired) electrons. The van der Waals surface area contributed by atoms with Crippen LogP contribution in [0, 0.1) is 5.92 Å². The van der Waals surface area contributed by atoms with Gasteiger partial charge in [0.2, 0.25) is 0 Å². The number of Topliss-reactive ketones (excluding diaryl/α,β-unsaturated/α-hetero) is 1. The minimum Gasteiger partial charge on any atom is -0.338 e. The fraction of sp³-hybridized carbons (Fsp3) is 0.636. The molecule has 0 saturated carbocycles. The molecule has 1 unspecified atom stereocenters. The average molecular weight is 209 g/mol. The van der Waals surface area contributed by atoms with Crippen LogP contribution in [-0.2, 0) is 18.3 Å². The number of ketones is 1. The molecule has 4 nitrogen and oxygen atoms in total. The van der Waals surface area contributed by atoms with E-state index < -0.39 is 0 Å². The first-order chi connectivity index (χ1) is 7.15. The van der Waals surface area contributed by atoms with Crippen LogP contribution in [0.3, 0.4) is 0 Å². The first-order valence-electron chi connectivity index (χ1n) is 5.34. The Morgan fingerprint density at radius 2 is 2.40 bits per heavy atom. The van der Waals surface area contributed by atoms with Gasteiger partial charge in [0.25, 0.3) is 0 Å². The summed E-state index contributed by atoms with van der Waals surface area (Å²) in [5.41, 5.74) is 5.41. The quantitative estimate of drug-likeness (QED) is 0.757. The van der Waals surface area contributed by atoms with Crippen molar-refractivity contribution in [2.75, 3.05) is 6.54 Å². The Kier molecular flexibility index (Phi) is 4.49. The lowest BCUT2D eigenvalue weighted by Gasteiger charge is -2.09. The zero-order valence-corrected chi connectivity index (χ0v) is 9.44. The first-order valence-corrected chi connectivity index (χ1v) is 5.34. The smallest absolute Gasteiger partial charge is 0.143 e. The summed E-state index contributed by atoms with van der Waals surface area (Å²) in [5, 5.41) is 0. The van der Waals surface area contributed by atoms with Crippen LogP contribution in [0.15, 0.2) is 12.4 Å². The van der Waals surface area contributed by atoms with Crippen molar-refractivity contribution in [2.45, 2.75) is 26.2 Å². The number of aryl methyl sites for hydroxylation is 1. The third kappa shape index (κ3) is 3.47.